The largest absolute Gasteiger partial charge is 0.331 e. The number of carbonyl (C=O) groups is 1. The van der Waals surface area contributed by atoms with E-state index in [4.69, 9.17) is 0 Å². The molecule has 0 aliphatic carbocycles. The number of thiazole rings is 1. The van der Waals surface area contributed by atoms with E-state index in [2.05, 4.69) is 20.3 Å². The van der Waals surface area contributed by atoms with Gasteiger partial charge in [-0.25, -0.2) is 9.97 Å². The number of hydrogen-bond donors (Lipinski definition) is 2. The predicted molar refractivity (Wildman–Crippen MR) is 63.1 cm³/mol. The third kappa shape index (κ3) is 2.77. The maximum absolute atomic E-state index is 11.4. The summed E-state index contributed by atoms with van der Waals surface area (Å²) in [7, 11) is 0. The Kier molecular flexibility index (Phi) is 3.11. The van der Waals surface area contributed by atoms with Gasteiger partial charge >= 0.3 is 0 Å². The lowest BCUT2D eigenvalue weighted by Crippen LogP contribution is -2.08. The van der Waals surface area contributed by atoms with E-state index in [1.807, 2.05) is 12.3 Å². The van der Waals surface area contributed by atoms with Crippen LogP contribution in [0.2, 0.25) is 0 Å². The van der Waals surface area contributed by atoms with Crippen molar-refractivity contribution >= 4 is 29.3 Å². The summed E-state index contributed by atoms with van der Waals surface area (Å²) in [5.41, 5.74) is 0.789. The van der Waals surface area contributed by atoms with Gasteiger partial charge in [0.05, 0.1) is 10.7 Å². The van der Waals surface area contributed by atoms with Crippen LogP contribution in [0.15, 0.2) is 23.8 Å². The minimum absolute atomic E-state index is 0.236. The highest BCUT2D eigenvalue weighted by molar-refractivity contribution is 7.09. The van der Waals surface area contributed by atoms with Crippen molar-refractivity contribution in [1.82, 2.24) is 15.0 Å². The van der Waals surface area contributed by atoms with Gasteiger partial charge in [-0.15, -0.1) is 11.3 Å². The highest BCUT2D eigenvalue weighted by Crippen LogP contribution is 2.09. The summed E-state index contributed by atoms with van der Waals surface area (Å²) in [6.45, 7) is 1.92. The van der Waals surface area contributed by atoms with Crippen molar-refractivity contribution in [2.45, 2.75) is 6.92 Å². The Morgan fingerprint density at radius 1 is 1.62 bits per heavy atom. The molecular weight excluding hydrogens is 224 g/mol. The van der Waals surface area contributed by atoms with Crippen molar-refractivity contribution in [1.29, 1.82) is 0 Å². The van der Waals surface area contributed by atoms with Crippen molar-refractivity contribution in [2.24, 2.45) is 0 Å². The van der Waals surface area contributed by atoms with Crippen molar-refractivity contribution in [3.05, 3.63) is 34.6 Å². The number of imidazole rings is 1. The van der Waals surface area contributed by atoms with E-state index in [9.17, 15) is 4.79 Å². The van der Waals surface area contributed by atoms with Gasteiger partial charge in [0.25, 0.3) is 5.91 Å². The molecule has 2 heterocycles. The van der Waals surface area contributed by atoms with Gasteiger partial charge < -0.3 is 4.98 Å². The first-order valence-corrected chi connectivity index (χ1v) is 5.52. The van der Waals surface area contributed by atoms with Gasteiger partial charge in [-0.2, -0.15) is 0 Å². The molecule has 2 rings (SSSR count). The predicted octanol–water partition coefficient (Wildman–Crippen LogP) is 1.83. The van der Waals surface area contributed by atoms with Crippen LogP contribution < -0.4 is 5.32 Å². The number of rotatable bonds is 3. The second-order valence-corrected chi connectivity index (χ2v) is 4.11. The van der Waals surface area contributed by atoms with Crippen molar-refractivity contribution < 1.29 is 4.79 Å². The molecule has 5 nitrogen and oxygen atoms in total. The van der Waals surface area contributed by atoms with Crippen LogP contribution in [-0.2, 0) is 4.79 Å². The highest BCUT2D eigenvalue weighted by atomic mass is 32.1. The molecule has 2 aromatic rings. The van der Waals surface area contributed by atoms with E-state index < -0.39 is 0 Å². The normalized spacial score (nSPS) is 10.8. The Balaban J connectivity index is 1.94. The van der Waals surface area contributed by atoms with Crippen LogP contribution in [-0.4, -0.2) is 20.9 Å². The van der Waals surface area contributed by atoms with Gasteiger partial charge in [-0.1, -0.05) is 0 Å². The number of H-pyrrole nitrogens is 1. The highest BCUT2D eigenvalue weighted by Gasteiger charge is 1.99. The van der Waals surface area contributed by atoms with Gasteiger partial charge in [0.15, 0.2) is 0 Å². The van der Waals surface area contributed by atoms with E-state index in [1.54, 1.807) is 29.8 Å². The van der Waals surface area contributed by atoms with Crippen LogP contribution in [0.1, 0.15) is 10.7 Å². The molecule has 0 saturated carbocycles. The number of amides is 1. The SMILES string of the molecule is Cc1nc(C=CC(=O)Nc2ncc[nH]2)cs1. The number of nitrogens with one attached hydrogen (secondary N) is 2. The molecule has 0 saturated heterocycles. The van der Waals surface area contributed by atoms with Gasteiger partial charge in [-0.3, -0.25) is 10.1 Å². The second-order valence-electron chi connectivity index (χ2n) is 3.05. The molecule has 16 heavy (non-hydrogen) atoms. The van der Waals surface area contributed by atoms with E-state index in [1.165, 1.54) is 6.08 Å². The molecule has 0 unspecified atom stereocenters. The first-order chi connectivity index (χ1) is 7.74. The molecule has 0 spiro atoms. The van der Waals surface area contributed by atoms with Gasteiger partial charge in [-0.05, 0) is 13.0 Å². The van der Waals surface area contributed by atoms with E-state index in [0.29, 0.717) is 5.95 Å². The molecule has 2 N–H and O–H groups in total. The van der Waals surface area contributed by atoms with Gasteiger partial charge in [0, 0.05) is 23.8 Å². The second kappa shape index (κ2) is 4.71. The topological polar surface area (TPSA) is 70.7 Å². The van der Waals surface area contributed by atoms with Crippen LogP contribution in [0.4, 0.5) is 5.95 Å². The quantitative estimate of drug-likeness (QED) is 0.796. The number of aryl methyl sites for hydroxylation is 1. The van der Waals surface area contributed by atoms with E-state index in [0.717, 1.165) is 10.7 Å². The van der Waals surface area contributed by atoms with Crippen LogP contribution in [0.25, 0.3) is 6.08 Å². The van der Waals surface area contributed by atoms with Crippen molar-refractivity contribution in [3.63, 3.8) is 0 Å². The third-order valence-corrected chi connectivity index (χ3v) is 2.57. The summed E-state index contributed by atoms with van der Waals surface area (Å²) in [4.78, 5) is 22.3. The zero-order valence-electron chi connectivity index (χ0n) is 8.60. The Bertz CT molecular complexity index is 501. The Hall–Kier alpha value is -1.95. The summed E-state index contributed by atoms with van der Waals surface area (Å²) in [5, 5.41) is 5.45. The fourth-order valence-corrected chi connectivity index (χ4v) is 1.69. The summed E-state index contributed by atoms with van der Waals surface area (Å²) >= 11 is 1.55. The molecule has 0 aliphatic rings. The number of nitrogens with zero attached hydrogens (tertiary/aromatic N) is 2. The fourth-order valence-electron chi connectivity index (χ4n) is 1.11. The number of aromatic nitrogens is 3. The minimum Gasteiger partial charge on any atom is -0.331 e. The molecule has 6 heteroatoms. The summed E-state index contributed by atoms with van der Waals surface area (Å²) < 4.78 is 0. The fraction of sp³-hybridized carbons (Fsp3) is 0.100. The Labute approximate surface area is 96.3 Å². The minimum atomic E-state index is -0.236. The number of aromatic amines is 1. The summed E-state index contributed by atoms with van der Waals surface area (Å²) in [6.07, 6.45) is 6.31. The monoisotopic (exact) mass is 234 g/mol. The maximum atomic E-state index is 11.4. The third-order valence-electron chi connectivity index (χ3n) is 1.78. The Morgan fingerprint density at radius 2 is 2.50 bits per heavy atom. The molecule has 0 aromatic carbocycles. The van der Waals surface area contributed by atoms with Gasteiger partial charge in [0.1, 0.15) is 0 Å². The average Bonchev–Trinajstić information content (AvgIpc) is 2.87. The van der Waals surface area contributed by atoms with Crippen LogP contribution >= 0.6 is 11.3 Å². The smallest absolute Gasteiger partial charge is 0.250 e. The zero-order chi connectivity index (χ0) is 11.4. The number of anilines is 1. The Morgan fingerprint density at radius 3 is 3.12 bits per heavy atom. The zero-order valence-corrected chi connectivity index (χ0v) is 9.41. The molecule has 82 valence electrons. The van der Waals surface area contributed by atoms with E-state index in [-0.39, 0.29) is 5.91 Å². The van der Waals surface area contributed by atoms with Crippen LogP contribution in [0.3, 0.4) is 0 Å². The average molecular weight is 234 g/mol. The molecule has 2 aromatic heterocycles. The molecule has 0 fully saturated rings. The molecule has 0 atom stereocenters. The molecular formula is C10H10N4OS. The van der Waals surface area contributed by atoms with Crippen molar-refractivity contribution in [3.8, 4) is 0 Å². The molecule has 0 aliphatic heterocycles. The summed E-state index contributed by atoms with van der Waals surface area (Å²) in [5.74, 6) is 0.199. The van der Waals surface area contributed by atoms with Crippen molar-refractivity contribution in [2.75, 3.05) is 5.32 Å². The van der Waals surface area contributed by atoms with Crippen LogP contribution in [0, 0.1) is 6.92 Å². The maximum Gasteiger partial charge on any atom is 0.250 e. The van der Waals surface area contributed by atoms with E-state index >= 15 is 0 Å². The van der Waals surface area contributed by atoms with Crippen LogP contribution in [0.5, 0.6) is 0 Å². The lowest BCUT2D eigenvalue weighted by Gasteiger charge is -1.94. The number of hydrogen-bond acceptors (Lipinski definition) is 4. The number of carbonyl (C=O) groups excluding carboxylic acids is 1. The molecule has 1 amide bonds. The molecule has 0 bridgehead atoms. The first kappa shape index (κ1) is 10.6. The lowest BCUT2D eigenvalue weighted by molar-refractivity contribution is -0.111. The molecule has 0 radical (unpaired) electrons. The first-order valence-electron chi connectivity index (χ1n) is 4.64. The van der Waals surface area contributed by atoms with Gasteiger partial charge in [0.2, 0.25) is 5.95 Å². The lowest BCUT2D eigenvalue weighted by atomic mass is 10.4. The summed E-state index contributed by atoms with van der Waals surface area (Å²) in [6, 6.07) is 0. The standard InChI is InChI=1S/C10H10N4OS/c1-7-13-8(6-16-7)2-3-9(15)14-10-11-4-5-12-10/h2-6H,1H3,(H2,11,12,14,15).